The van der Waals surface area contributed by atoms with Crippen molar-refractivity contribution in [3.63, 3.8) is 0 Å². The molecule has 2 aliphatic rings. The van der Waals surface area contributed by atoms with E-state index in [1.54, 1.807) is 36.6 Å². The number of nitrogens with zero attached hydrogens (tertiary/aromatic N) is 3. The number of anilines is 1. The first kappa shape index (κ1) is 21.7. The van der Waals surface area contributed by atoms with Gasteiger partial charge in [0.15, 0.2) is 0 Å². The van der Waals surface area contributed by atoms with Crippen molar-refractivity contribution in [2.45, 2.75) is 51.9 Å². The number of likely N-dealkylation sites (tertiary alicyclic amines) is 1. The predicted molar refractivity (Wildman–Crippen MR) is 106 cm³/mol. The summed E-state index contributed by atoms with van der Waals surface area (Å²) < 4.78 is 46.7. The molecule has 2 saturated heterocycles. The number of piperazine rings is 1. The van der Waals surface area contributed by atoms with Crippen LogP contribution < -0.4 is 4.90 Å². The lowest BCUT2D eigenvalue weighted by Gasteiger charge is -2.38. The van der Waals surface area contributed by atoms with Crippen LogP contribution in [0, 0.1) is 0 Å². The van der Waals surface area contributed by atoms with Gasteiger partial charge in [-0.3, -0.25) is 4.90 Å². The molecule has 2 fully saturated rings. The van der Waals surface area contributed by atoms with Crippen molar-refractivity contribution in [2.24, 2.45) is 0 Å². The number of benzene rings is 1. The van der Waals surface area contributed by atoms with Gasteiger partial charge in [-0.25, -0.2) is 4.79 Å². The van der Waals surface area contributed by atoms with E-state index in [2.05, 4.69) is 4.90 Å². The highest BCUT2D eigenvalue weighted by Crippen LogP contribution is 2.39. The van der Waals surface area contributed by atoms with Gasteiger partial charge in [0.2, 0.25) is 0 Å². The van der Waals surface area contributed by atoms with Crippen molar-refractivity contribution >= 4 is 11.8 Å². The van der Waals surface area contributed by atoms with Gasteiger partial charge in [0.05, 0.1) is 11.3 Å². The summed E-state index contributed by atoms with van der Waals surface area (Å²) in [5, 5.41) is 0. The Kier molecular flexibility index (Phi) is 6.31. The maximum Gasteiger partial charge on any atom is 0.418 e. The van der Waals surface area contributed by atoms with Crippen molar-refractivity contribution in [2.75, 3.05) is 44.2 Å². The molecular formula is C21H30F3N3O2. The summed E-state index contributed by atoms with van der Waals surface area (Å²) >= 11 is 0. The van der Waals surface area contributed by atoms with Gasteiger partial charge >= 0.3 is 12.3 Å². The lowest BCUT2D eigenvalue weighted by molar-refractivity contribution is -0.137. The number of hydrogen-bond donors (Lipinski definition) is 0. The molecule has 0 radical (unpaired) electrons. The zero-order chi connectivity index (χ0) is 21.2. The maximum atomic E-state index is 13.8. The van der Waals surface area contributed by atoms with Gasteiger partial charge in [-0.05, 0) is 58.3 Å². The third kappa shape index (κ3) is 5.56. The van der Waals surface area contributed by atoms with E-state index in [1.807, 2.05) is 0 Å². The van der Waals surface area contributed by atoms with Gasteiger partial charge in [0.25, 0.3) is 0 Å². The van der Waals surface area contributed by atoms with Crippen molar-refractivity contribution in [3.05, 3.63) is 29.3 Å². The largest absolute Gasteiger partial charge is 0.444 e. The molecule has 29 heavy (non-hydrogen) atoms. The number of amides is 1. The zero-order valence-electron chi connectivity index (χ0n) is 17.4. The van der Waals surface area contributed by atoms with Gasteiger partial charge in [-0.1, -0.05) is 12.1 Å². The molecule has 3 rings (SSSR count). The summed E-state index contributed by atoms with van der Waals surface area (Å²) in [6, 6.07) is 4.45. The Morgan fingerprint density at radius 3 is 2.17 bits per heavy atom. The summed E-state index contributed by atoms with van der Waals surface area (Å²) in [5.41, 5.74) is -0.233. The lowest BCUT2D eigenvalue weighted by atomic mass is 10.0. The summed E-state index contributed by atoms with van der Waals surface area (Å²) in [4.78, 5) is 17.8. The first-order valence-electron chi connectivity index (χ1n) is 10.2. The fraction of sp³-hybridized carbons (Fsp3) is 0.667. The molecule has 2 heterocycles. The van der Waals surface area contributed by atoms with Crippen LogP contribution in [0.4, 0.5) is 23.7 Å². The molecular weight excluding hydrogens is 383 g/mol. The Morgan fingerprint density at radius 1 is 1.00 bits per heavy atom. The number of carbonyl (C=O) groups is 1. The van der Waals surface area contributed by atoms with Gasteiger partial charge < -0.3 is 14.5 Å². The molecule has 1 aromatic carbocycles. The Balaban J connectivity index is 1.79. The second-order valence-corrected chi connectivity index (χ2v) is 8.75. The molecule has 0 spiro atoms. The normalized spacial score (nSPS) is 19.0. The van der Waals surface area contributed by atoms with E-state index in [9.17, 15) is 18.0 Å². The number of halogens is 3. The SMILES string of the molecule is CC(C)(C)OC(=O)N1CCN(c2c(CN3CCCC3)cccc2C(F)(F)F)CC1. The van der Waals surface area contributed by atoms with Gasteiger partial charge in [0, 0.05) is 32.7 Å². The molecule has 0 aromatic heterocycles. The van der Waals surface area contributed by atoms with Crippen LogP contribution in [0.15, 0.2) is 18.2 Å². The summed E-state index contributed by atoms with van der Waals surface area (Å²) in [5.74, 6) is 0. The Morgan fingerprint density at radius 2 is 1.62 bits per heavy atom. The Bertz CT molecular complexity index is 717. The highest BCUT2D eigenvalue weighted by Gasteiger charge is 2.37. The average Bonchev–Trinajstić information content (AvgIpc) is 3.12. The monoisotopic (exact) mass is 413 g/mol. The van der Waals surface area contributed by atoms with Crippen molar-refractivity contribution in [1.82, 2.24) is 9.80 Å². The third-order valence-electron chi connectivity index (χ3n) is 5.27. The highest BCUT2D eigenvalue weighted by atomic mass is 19.4. The van der Waals surface area contributed by atoms with E-state index in [1.165, 1.54) is 6.07 Å². The van der Waals surface area contributed by atoms with E-state index in [0.717, 1.165) is 32.0 Å². The zero-order valence-corrected chi connectivity index (χ0v) is 17.4. The lowest BCUT2D eigenvalue weighted by Crippen LogP contribution is -2.50. The van der Waals surface area contributed by atoms with Crippen molar-refractivity contribution in [3.8, 4) is 0 Å². The quantitative estimate of drug-likeness (QED) is 0.738. The number of ether oxygens (including phenoxy) is 1. The smallest absolute Gasteiger partial charge is 0.418 e. The number of para-hydroxylation sites is 1. The second kappa shape index (κ2) is 8.42. The number of carbonyl (C=O) groups excluding carboxylic acids is 1. The van der Waals surface area contributed by atoms with Crippen LogP contribution in [0.1, 0.15) is 44.7 Å². The molecule has 0 saturated carbocycles. The molecule has 0 unspecified atom stereocenters. The molecule has 0 N–H and O–H groups in total. The van der Waals surface area contributed by atoms with E-state index < -0.39 is 23.4 Å². The Labute approximate surface area is 170 Å². The van der Waals surface area contributed by atoms with Gasteiger partial charge in [-0.2, -0.15) is 13.2 Å². The molecule has 0 bridgehead atoms. The summed E-state index contributed by atoms with van der Waals surface area (Å²) in [7, 11) is 0. The fourth-order valence-electron chi connectivity index (χ4n) is 3.94. The van der Waals surface area contributed by atoms with E-state index in [-0.39, 0.29) is 5.69 Å². The summed E-state index contributed by atoms with van der Waals surface area (Å²) in [6.07, 6.45) is -2.66. The standard InChI is InChI=1S/C21H30F3N3O2/c1-20(2,3)29-19(28)27-13-11-26(12-14-27)18-16(15-25-9-4-5-10-25)7-6-8-17(18)21(22,23)24/h6-8H,4-5,9-15H2,1-3H3. The van der Waals surface area contributed by atoms with Crippen molar-refractivity contribution < 1.29 is 22.7 Å². The molecule has 162 valence electrons. The van der Waals surface area contributed by atoms with Crippen LogP contribution in [0.3, 0.4) is 0 Å². The number of hydrogen-bond acceptors (Lipinski definition) is 4. The van der Waals surface area contributed by atoms with Crippen LogP contribution in [-0.2, 0) is 17.5 Å². The van der Waals surface area contributed by atoms with E-state index >= 15 is 0 Å². The molecule has 2 aliphatic heterocycles. The second-order valence-electron chi connectivity index (χ2n) is 8.75. The molecule has 8 heteroatoms. The maximum absolute atomic E-state index is 13.8. The Hall–Kier alpha value is -1.96. The molecule has 0 atom stereocenters. The molecule has 1 amide bonds. The van der Waals surface area contributed by atoms with Crippen LogP contribution >= 0.6 is 0 Å². The van der Waals surface area contributed by atoms with Crippen LogP contribution in [0.5, 0.6) is 0 Å². The van der Waals surface area contributed by atoms with Crippen LogP contribution in [-0.4, -0.2) is 60.8 Å². The van der Waals surface area contributed by atoms with Crippen molar-refractivity contribution in [1.29, 1.82) is 0 Å². The first-order chi connectivity index (χ1) is 13.5. The summed E-state index contributed by atoms with van der Waals surface area (Å²) in [6.45, 7) is 9.12. The van der Waals surface area contributed by atoms with E-state index in [0.29, 0.717) is 38.3 Å². The minimum Gasteiger partial charge on any atom is -0.444 e. The number of alkyl halides is 3. The first-order valence-corrected chi connectivity index (χ1v) is 10.2. The topological polar surface area (TPSA) is 36.0 Å². The van der Waals surface area contributed by atoms with Gasteiger partial charge in [0.1, 0.15) is 5.60 Å². The minimum absolute atomic E-state index is 0.260. The van der Waals surface area contributed by atoms with Crippen LogP contribution in [0.2, 0.25) is 0 Å². The molecule has 0 aliphatic carbocycles. The molecule has 1 aromatic rings. The predicted octanol–water partition coefficient (Wildman–Crippen LogP) is 4.36. The molecule has 5 nitrogen and oxygen atoms in total. The third-order valence-corrected chi connectivity index (χ3v) is 5.27. The average molecular weight is 413 g/mol. The van der Waals surface area contributed by atoms with E-state index in [4.69, 9.17) is 4.74 Å². The highest BCUT2D eigenvalue weighted by molar-refractivity contribution is 5.69. The van der Waals surface area contributed by atoms with Gasteiger partial charge in [-0.15, -0.1) is 0 Å². The fourth-order valence-corrected chi connectivity index (χ4v) is 3.94. The minimum atomic E-state index is -4.42. The van der Waals surface area contributed by atoms with Crippen LogP contribution in [0.25, 0.3) is 0 Å². The number of rotatable bonds is 3.